The van der Waals surface area contributed by atoms with Gasteiger partial charge in [-0.15, -0.1) is 0 Å². The molecule has 1 aliphatic heterocycles. The van der Waals surface area contributed by atoms with Crippen LogP contribution < -0.4 is 0 Å². The predicted octanol–water partition coefficient (Wildman–Crippen LogP) is 1.39. The van der Waals surface area contributed by atoms with Crippen LogP contribution >= 0.6 is 0 Å². The maximum Gasteiger partial charge on any atom is 0.335 e. The van der Waals surface area contributed by atoms with Gasteiger partial charge in [0, 0.05) is 53.1 Å². The molecule has 5 aliphatic rings. The van der Waals surface area contributed by atoms with Gasteiger partial charge in [-0.05, 0) is 24.5 Å². The zero-order valence-electron chi connectivity index (χ0n) is 23.0. The van der Waals surface area contributed by atoms with Crippen molar-refractivity contribution >= 4 is 23.7 Å². The van der Waals surface area contributed by atoms with Crippen LogP contribution in [0.2, 0.25) is 0 Å². The first-order valence-corrected chi connectivity index (χ1v) is 13.5. The summed E-state index contributed by atoms with van der Waals surface area (Å²) in [7, 11) is 1.12. The van der Waals surface area contributed by atoms with Gasteiger partial charge in [-0.1, -0.05) is 20.8 Å². The van der Waals surface area contributed by atoms with Crippen LogP contribution in [0.15, 0.2) is 34.7 Å². The summed E-state index contributed by atoms with van der Waals surface area (Å²) in [4.78, 5) is 52.5. The summed E-state index contributed by atoms with van der Waals surface area (Å²) < 4.78 is 22.0. The van der Waals surface area contributed by atoms with Crippen molar-refractivity contribution in [3.05, 3.63) is 35.8 Å². The lowest BCUT2D eigenvalue weighted by atomic mass is 9.49. The second-order valence-electron chi connectivity index (χ2n) is 12.9. The fraction of sp³-hybridized carbons (Fsp3) is 0.655. The molecule has 4 fully saturated rings. The van der Waals surface area contributed by atoms with Gasteiger partial charge in [0.05, 0.1) is 31.2 Å². The molecule has 0 unspecified atom stereocenters. The molecule has 0 aromatic carbocycles. The van der Waals surface area contributed by atoms with Crippen molar-refractivity contribution in [3.63, 3.8) is 0 Å². The summed E-state index contributed by atoms with van der Waals surface area (Å²) in [5.74, 6) is -6.46. The summed E-state index contributed by atoms with van der Waals surface area (Å²) in [5.41, 5.74) is -6.70. The van der Waals surface area contributed by atoms with Crippen LogP contribution in [0.1, 0.15) is 58.6 Å². The van der Waals surface area contributed by atoms with E-state index in [0.29, 0.717) is 12.0 Å². The second-order valence-corrected chi connectivity index (χ2v) is 12.9. The van der Waals surface area contributed by atoms with Gasteiger partial charge in [-0.2, -0.15) is 0 Å². The van der Waals surface area contributed by atoms with Gasteiger partial charge in [-0.25, -0.2) is 9.59 Å². The summed E-state index contributed by atoms with van der Waals surface area (Å²) >= 11 is 0. The Morgan fingerprint density at radius 3 is 2.48 bits per heavy atom. The average Bonchev–Trinajstić information content (AvgIpc) is 3.50. The fourth-order valence-corrected chi connectivity index (χ4v) is 10.1. The summed E-state index contributed by atoms with van der Waals surface area (Å²) in [6.45, 7) is 6.30. The third-order valence-electron chi connectivity index (χ3n) is 11.3. The van der Waals surface area contributed by atoms with Crippen LogP contribution in [-0.2, 0) is 33.4 Å². The standard InChI is InChI=1S/C29H34O11/c1-13(30)40-28-12-26(3)20(19(33)24(35)37-5)27(28,4)15-6-8-25(2)16(29(15,36)21(28)18(32)22(26)34)10-17(31)39-23(25)14-7-9-38-11-14/h7,9-11,15,18-21,23,32-33,36H,6,8,12H2,1-5H3/t15-,18-,19-,20+,21-,23+,25-,26-,27-,28+,29+/m1/s1. The molecule has 4 saturated carbocycles. The minimum absolute atomic E-state index is 0.131. The Hall–Kier alpha value is -3.02. The molecule has 0 spiro atoms. The number of hydrogen-bond acceptors (Lipinski definition) is 11. The number of furan rings is 1. The van der Waals surface area contributed by atoms with E-state index in [0.717, 1.165) is 7.11 Å². The van der Waals surface area contributed by atoms with Gasteiger partial charge >= 0.3 is 17.9 Å². The van der Waals surface area contributed by atoms with Crippen molar-refractivity contribution < 1.29 is 53.1 Å². The molecule has 4 aliphatic carbocycles. The molecular weight excluding hydrogens is 524 g/mol. The van der Waals surface area contributed by atoms with Gasteiger partial charge in [-0.3, -0.25) is 9.59 Å². The maximum absolute atomic E-state index is 14.0. The zero-order chi connectivity index (χ0) is 29.2. The van der Waals surface area contributed by atoms with Gasteiger partial charge in [0.25, 0.3) is 0 Å². The molecular formula is C29H34O11. The molecule has 2 heterocycles. The first-order valence-electron chi connectivity index (χ1n) is 13.5. The minimum atomic E-state index is -2.04. The topological polar surface area (TPSA) is 170 Å². The van der Waals surface area contributed by atoms with Gasteiger partial charge < -0.3 is 33.9 Å². The first-order chi connectivity index (χ1) is 18.6. The van der Waals surface area contributed by atoms with Crippen molar-refractivity contribution in [1.82, 2.24) is 0 Å². The average molecular weight is 559 g/mol. The number of ketones is 1. The third-order valence-corrected chi connectivity index (χ3v) is 11.3. The number of fused-ring (bicyclic) bond motifs is 6. The van der Waals surface area contributed by atoms with Crippen molar-refractivity contribution in [3.8, 4) is 0 Å². The SMILES string of the molecule is COC(=O)[C@H](O)[C@@H]1[C@@]2(C)[C@H]3CC[C@]4(C)C(=CC(=O)O[C@H]4c4ccoc4)[C@]3(O)[C@@H]3[C@@H](O)C(=O)[C@]1(C)C[C@]32OC(C)=O. The highest BCUT2D eigenvalue weighted by Gasteiger charge is 2.90. The van der Waals surface area contributed by atoms with E-state index < -0.39 is 87.2 Å². The van der Waals surface area contributed by atoms with Gasteiger partial charge in [0.15, 0.2) is 11.9 Å². The molecule has 0 saturated heterocycles. The van der Waals surface area contributed by atoms with Crippen LogP contribution in [-0.4, -0.2) is 69.5 Å². The van der Waals surface area contributed by atoms with E-state index in [4.69, 9.17) is 18.6 Å². The molecule has 6 rings (SSSR count). The number of cyclic esters (lactones) is 1. The van der Waals surface area contributed by atoms with Gasteiger partial charge in [0.2, 0.25) is 0 Å². The van der Waals surface area contributed by atoms with E-state index in [1.165, 1.54) is 25.5 Å². The number of hydrogen-bond donors (Lipinski definition) is 3. The Bertz CT molecular complexity index is 1350. The Kier molecular flexibility index (Phi) is 5.46. The molecule has 40 heavy (non-hydrogen) atoms. The molecule has 216 valence electrons. The van der Waals surface area contributed by atoms with E-state index in [2.05, 4.69) is 0 Å². The summed E-state index contributed by atoms with van der Waals surface area (Å²) in [6, 6.07) is 1.67. The molecule has 0 radical (unpaired) electrons. The largest absolute Gasteiger partial charge is 0.472 e. The van der Waals surface area contributed by atoms with E-state index in [9.17, 15) is 34.5 Å². The van der Waals surface area contributed by atoms with Gasteiger partial charge in [0.1, 0.15) is 17.8 Å². The normalized spacial score (nSPS) is 47.5. The summed E-state index contributed by atoms with van der Waals surface area (Å²) in [5, 5.41) is 36.1. The van der Waals surface area contributed by atoms with E-state index in [1.807, 2.05) is 6.92 Å². The first kappa shape index (κ1) is 27.2. The summed E-state index contributed by atoms with van der Waals surface area (Å²) in [6.07, 6.45) is 0.204. The molecule has 2 bridgehead atoms. The second kappa shape index (κ2) is 8.04. The highest BCUT2D eigenvalue weighted by molar-refractivity contribution is 5.94. The Morgan fingerprint density at radius 2 is 1.88 bits per heavy atom. The number of aliphatic hydroxyl groups excluding tert-OH is 2. The number of Topliss-reactive ketones (excluding diaryl/α,β-unsaturated/α-hetero) is 1. The molecule has 11 nitrogen and oxygen atoms in total. The van der Waals surface area contributed by atoms with Crippen LogP contribution in [0.25, 0.3) is 0 Å². The lowest BCUT2D eigenvalue weighted by Crippen LogP contribution is -2.66. The highest BCUT2D eigenvalue weighted by atomic mass is 16.6. The van der Waals surface area contributed by atoms with E-state index >= 15 is 0 Å². The van der Waals surface area contributed by atoms with Crippen LogP contribution in [0.5, 0.6) is 0 Å². The van der Waals surface area contributed by atoms with E-state index in [1.54, 1.807) is 19.9 Å². The highest BCUT2D eigenvalue weighted by Crippen LogP contribution is 2.82. The number of esters is 3. The smallest absolute Gasteiger partial charge is 0.335 e. The molecule has 1 aromatic rings. The molecule has 11 atom stereocenters. The zero-order valence-corrected chi connectivity index (χ0v) is 23.0. The molecule has 1 aromatic heterocycles. The molecule has 3 N–H and O–H groups in total. The Labute approximate surface area is 230 Å². The van der Waals surface area contributed by atoms with Crippen molar-refractivity contribution in [2.24, 2.45) is 34.0 Å². The lowest BCUT2D eigenvalue weighted by molar-refractivity contribution is -0.200. The number of aliphatic hydroxyl groups is 3. The van der Waals surface area contributed by atoms with Crippen molar-refractivity contribution in [2.75, 3.05) is 7.11 Å². The third kappa shape index (κ3) is 2.81. The van der Waals surface area contributed by atoms with Crippen molar-refractivity contribution in [2.45, 2.75) is 76.5 Å². The number of carbonyl (C=O) groups excluding carboxylic acids is 4. The van der Waals surface area contributed by atoms with Crippen LogP contribution in [0.3, 0.4) is 0 Å². The number of methoxy groups -OCH3 is 1. The monoisotopic (exact) mass is 558 g/mol. The van der Waals surface area contributed by atoms with Crippen molar-refractivity contribution in [1.29, 1.82) is 0 Å². The molecule has 0 amide bonds. The number of carbonyl (C=O) groups is 4. The van der Waals surface area contributed by atoms with Crippen LogP contribution in [0.4, 0.5) is 0 Å². The lowest BCUT2D eigenvalue weighted by Gasteiger charge is -2.58. The fourth-order valence-electron chi connectivity index (χ4n) is 10.1. The van der Waals surface area contributed by atoms with Crippen LogP contribution in [0, 0.1) is 34.0 Å². The number of ether oxygens (including phenoxy) is 3. The van der Waals surface area contributed by atoms with E-state index in [-0.39, 0.29) is 18.4 Å². The Morgan fingerprint density at radius 1 is 1.18 bits per heavy atom. The minimum Gasteiger partial charge on any atom is -0.472 e. The number of rotatable bonds is 4. The Balaban J connectivity index is 1.64. The maximum atomic E-state index is 14.0. The quantitative estimate of drug-likeness (QED) is 0.360. The molecule has 11 heteroatoms. The predicted molar refractivity (Wildman–Crippen MR) is 133 cm³/mol.